The van der Waals surface area contributed by atoms with Crippen LogP contribution in [-0.4, -0.2) is 30.7 Å². The molecule has 22 heavy (non-hydrogen) atoms. The summed E-state index contributed by atoms with van der Waals surface area (Å²) in [6.45, 7) is 3.31. The van der Waals surface area contributed by atoms with Gasteiger partial charge in [-0.2, -0.15) is 13.2 Å². The largest absolute Gasteiger partial charge is 0.471 e. The lowest BCUT2D eigenvalue weighted by atomic mass is 9.90. The summed E-state index contributed by atoms with van der Waals surface area (Å²) in [7, 11) is 0.974. The number of carbonyl (C=O) groups excluding carboxylic acids is 2. The number of halogens is 4. The summed E-state index contributed by atoms with van der Waals surface area (Å²) in [5.74, 6) is -3.45. The van der Waals surface area contributed by atoms with E-state index >= 15 is 0 Å². The molecule has 0 heterocycles. The van der Waals surface area contributed by atoms with E-state index < -0.39 is 28.6 Å². The molecule has 0 saturated carbocycles. The number of amides is 1. The monoisotopic (exact) mass is 335 g/mol. The summed E-state index contributed by atoms with van der Waals surface area (Å²) < 4.78 is 42.0. The van der Waals surface area contributed by atoms with Crippen molar-refractivity contribution in [2.24, 2.45) is 0 Å². The smallest absolute Gasteiger partial charge is 0.467 e. The van der Waals surface area contributed by atoms with Crippen molar-refractivity contribution in [1.82, 2.24) is 5.32 Å². The molecule has 0 aliphatic heterocycles. The van der Waals surface area contributed by atoms with Crippen molar-refractivity contribution in [2.45, 2.75) is 18.1 Å². The summed E-state index contributed by atoms with van der Waals surface area (Å²) in [5, 5.41) is 1.11. The van der Waals surface area contributed by atoms with Crippen molar-refractivity contribution in [1.29, 1.82) is 0 Å². The fraction of sp³-hybridized carbons (Fsp3) is 0.286. The van der Waals surface area contributed by atoms with E-state index in [9.17, 15) is 22.8 Å². The van der Waals surface area contributed by atoms with Gasteiger partial charge < -0.3 is 10.1 Å². The van der Waals surface area contributed by atoms with Crippen LogP contribution in [0.25, 0.3) is 0 Å². The molecule has 1 atom stereocenters. The number of hydrogen-bond acceptors (Lipinski definition) is 3. The molecule has 0 aliphatic rings. The van der Waals surface area contributed by atoms with Crippen LogP contribution in [0.4, 0.5) is 13.2 Å². The van der Waals surface area contributed by atoms with E-state index in [1.165, 1.54) is 0 Å². The fourth-order valence-electron chi connectivity index (χ4n) is 1.78. The van der Waals surface area contributed by atoms with Crippen molar-refractivity contribution in [3.8, 4) is 0 Å². The van der Waals surface area contributed by atoms with E-state index in [0.29, 0.717) is 5.56 Å². The van der Waals surface area contributed by atoms with Crippen LogP contribution in [0.3, 0.4) is 0 Å². The SMILES string of the molecule is C=C(Cl)[C@](Cc1ccccc1)(NC(=O)C(F)(F)F)C(=O)OC. The Balaban J connectivity index is 3.26. The van der Waals surface area contributed by atoms with E-state index in [1.54, 1.807) is 35.6 Å². The second kappa shape index (κ2) is 6.83. The van der Waals surface area contributed by atoms with Gasteiger partial charge in [0.1, 0.15) is 0 Å². The lowest BCUT2D eigenvalue weighted by molar-refractivity contribution is -0.177. The third-order valence-corrected chi connectivity index (χ3v) is 3.22. The van der Waals surface area contributed by atoms with Crippen LogP contribution in [0, 0.1) is 0 Å². The lowest BCUT2D eigenvalue weighted by Crippen LogP contribution is -2.59. The third-order valence-electron chi connectivity index (χ3n) is 2.89. The predicted molar refractivity (Wildman–Crippen MR) is 74.1 cm³/mol. The summed E-state index contributed by atoms with van der Waals surface area (Å²) in [4.78, 5) is 23.2. The second-order valence-electron chi connectivity index (χ2n) is 4.42. The molecular weight excluding hydrogens is 323 g/mol. The van der Waals surface area contributed by atoms with Gasteiger partial charge in [0.05, 0.1) is 7.11 Å². The minimum Gasteiger partial charge on any atom is -0.467 e. The van der Waals surface area contributed by atoms with Gasteiger partial charge in [-0.05, 0) is 5.56 Å². The molecule has 0 saturated heterocycles. The molecule has 1 N–H and O–H groups in total. The number of hydrogen-bond donors (Lipinski definition) is 1. The van der Waals surface area contributed by atoms with Crippen LogP contribution in [-0.2, 0) is 20.7 Å². The number of rotatable bonds is 5. The average Bonchev–Trinajstić information content (AvgIpc) is 2.45. The number of benzene rings is 1. The Morgan fingerprint density at radius 1 is 1.27 bits per heavy atom. The van der Waals surface area contributed by atoms with Gasteiger partial charge in [0.2, 0.25) is 0 Å². The van der Waals surface area contributed by atoms with E-state index in [-0.39, 0.29) is 6.42 Å². The van der Waals surface area contributed by atoms with Gasteiger partial charge in [-0.25, -0.2) is 4.79 Å². The molecular formula is C14H13ClF3NO3. The molecule has 1 amide bonds. The highest BCUT2D eigenvalue weighted by atomic mass is 35.5. The average molecular weight is 336 g/mol. The summed E-state index contributed by atoms with van der Waals surface area (Å²) in [5.41, 5.74) is -1.75. The van der Waals surface area contributed by atoms with Gasteiger partial charge in [-0.15, -0.1) is 0 Å². The maximum atomic E-state index is 12.5. The molecule has 1 rings (SSSR count). The molecule has 1 aromatic carbocycles. The normalized spacial score (nSPS) is 13.9. The van der Waals surface area contributed by atoms with Gasteiger partial charge >= 0.3 is 18.1 Å². The number of alkyl halides is 3. The first-order valence-electron chi connectivity index (χ1n) is 6.00. The topological polar surface area (TPSA) is 55.4 Å². The Bertz CT molecular complexity index is 574. The first kappa shape index (κ1) is 18.0. The highest BCUT2D eigenvalue weighted by Gasteiger charge is 2.49. The maximum absolute atomic E-state index is 12.5. The van der Waals surface area contributed by atoms with Crippen LogP contribution in [0.5, 0.6) is 0 Å². The van der Waals surface area contributed by atoms with E-state index in [0.717, 1.165) is 7.11 Å². The van der Waals surface area contributed by atoms with Crippen molar-refractivity contribution < 1.29 is 27.5 Å². The Kier molecular flexibility index (Phi) is 5.59. The molecule has 0 bridgehead atoms. The van der Waals surface area contributed by atoms with Crippen molar-refractivity contribution in [3.05, 3.63) is 47.5 Å². The van der Waals surface area contributed by atoms with Gasteiger partial charge in [-0.1, -0.05) is 48.5 Å². The van der Waals surface area contributed by atoms with Crippen LogP contribution >= 0.6 is 11.6 Å². The highest BCUT2D eigenvalue weighted by molar-refractivity contribution is 6.32. The molecule has 1 aromatic rings. The number of esters is 1. The summed E-state index contributed by atoms with van der Waals surface area (Å²) in [6.07, 6.45) is -5.51. The van der Waals surface area contributed by atoms with Crippen molar-refractivity contribution >= 4 is 23.5 Å². The molecule has 0 aliphatic carbocycles. The number of methoxy groups -OCH3 is 1. The van der Waals surface area contributed by atoms with E-state index in [1.807, 2.05) is 0 Å². The first-order chi connectivity index (χ1) is 10.1. The van der Waals surface area contributed by atoms with Crippen LogP contribution in [0.15, 0.2) is 41.9 Å². The third kappa shape index (κ3) is 4.00. The molecule has 0 unspecified atom stereocenters. The van der Waals surface area contributed by atoms with E-state index in [4.69, 9.17) is 11.6 Å². The highest BCUT2D eigenvalue weighted by Crippen LogP contribution is 2.28. The molecule has 0 spiro atoms. The predicted octanol–water partition coefficient (Wildman–Crippen LogP) is 2.57. The zero-order valence-electron chi connectivity index (χ0n) is 11.5. The Hall–Kier alpha value is -2.02. The maximum Gasteiger partial charge on any atom is 0.471 e. The molecule has 8 heteroatoms. The quantitative estimate of drug-likeness (QED) is 0.841. The number of nitrogens with one attached hydrogen (secondary N) is 1. The minimum atomic E-state index is -5.18. The molecule has 0 aromatic heterocycles. The zero-order valence-corrected chi connectivity index (χ0v) is 12.3. The number of ether oxygens (including phenoxy) is 1. The van der Waals surface area contributed by atoms with Crippen LogP contribution in [0.2, 0.25) is 0 Å². The zero-order chi connectivity index (χ0) is 17.0. The Morgan fingerprint density at radius 2 is 1.82 bits per heavy atom. The Morgan fingerprint density at radius 3 is 2.23 bits per heavy atom. The molecule has 4 nitrogen and oxygen atoms in total. The van der Waals surface area contributed by atoms with Crippen LogP contribution in [0.1, 0.15) is 5.56 Å². The Labute approximate surface area is 129 Å². The van der Waals surface area contributed by atoms with E-state index in [2.05, 4.69) is 11.3 Å². The van der Waals surface area contributed by atoms with Crippen LogP contribution < -0.4 is 5.32 Å². The van der Waals surface area contributed by atoms with Gasteiger partial charge in [0.15, 0.2) is 5.54 Å². The minimum absolute atomic E-state index is 0.329. The van der Waals surface area contributed by atoms with Crippen molar-refractivity contribution in [3.63, 3.8) is 0 Å². The van der Waals surface area contributed by atoms with Gasteiger partial charge in [-0.3, -0.25) is 4.79 Å². The summed E-state index contributed by atoms with van der Waals surface area (Å²) >= 11 is 5.74. The van der Waals surface area contributed by atoms with Crippen molar-refractivity contribution in [2.75, 3.05) is 7.11 Å². The first-order valence-corrected chi connectivity index (χ1v) is 6.38. The lowest BCUT2D eigenvalue weighted by Gasteiger charge is -2.31. The summed E-state index contributed by atoms with van der Waals surface area (Å²) in [6, 6.07) is 8.07. The molecule has 120 valence electrons. The fourth-order valence-corrected chi connectivity index (χ4v) is 1.97. The molecule has 0 radical (unpaired) electrons. The molecule has 0 fully saturated rings. The standard InChI is InChI=1S/C14H13ClF3NO3/c1-9(15)13(12(21)22-2,19-11(20)14(16,17)18)8-10-6-4-3-5-7-10/h3-7H,1,8H2,2H3,(H,19,20)/t13-/m0/s1. The number of carbonyl (C=O) groups is 2. The van der Waals surface area contributed by atoms with Gasteiger partial charge in [0, 0.05) is 11.5 Å². The van der Waals surface area contributed by atoms with Gasteiger partial charge in [0.25, 0.3) is 0 Å². The second-order valence-corrected chi connectivity index (χ2v) is 4.87.